The normalized spacial score (nSPS) is 20.6. The smallest absolute Gasteiger partial charge is 0.203 e. The van der Waals surface area contributed by atoms with Crippen LogP contribution in [0.15, 0.2) is 12.1 Å². The molecule has 108 valence electrons. The van der Waals surface area contributed by atoms with Gasteiger partial charge >= 0.3 is 0 Å². The molecule has 20 heavy (non-hydrogen) atoms. The van der Waals surface area contributed by atoms with Crippen LogP contribution in [0.2, 0.25) is 0 Å². The topological polar surface area (TPSA) is 39.7 Å². The van der Waals surface area contributed by atoms with Gasteiger partial charge in [-0.15, -0.1) is 0 Å². The highest BCUT2D eigenvalue weighted by Gasteiger charge is 2.31. The second-order valence-corrected chi connectivity index (χ2v) is 5.20. The summed E-state index contributed by atoms with van der Waals surface area (Å²) < 4.78 is 16.6. The summed E-state index contributed by atoms with van der Waals surface area (Å²) in [7, 11) is 5.00. The first kappa shape index (κ1) is 13.3. The van der Waals surface area contributed by atoms with Crippen LogP contribution in [0.5, 0.6) is 17.2 Å². The molecular weight excluding hydrogens is 254 g/mol. The van der Waals surface area contributed by atoms with Crippen molar-refractivity contribution in [3.63, 3.8) is 0 Å². The Kier molecular flexibility index (Phi) is 3.57. The second-order valence-electron chi connectivity index (χ2n) is 5.20. The molecule has 0 radical (unpaired) electrons. The lowest BCUT2D eigenvalue weighted by Gasteiger charge is -2.33. The molecule has 1 aliphatic heterocycles. The Hall–Kier alpha value is -1.68. The SMILES string of the molecule is COc1cc2c(c(OC)c1OC)C1=CCCCC1NC2. The maximum absolute atomic E-state index is 5.65. The van der Waals surface area contributed by atoms with E-state index in [1.165, 1.54) is 29.5 Å². The number of benzene rings is 1. The molecule has 0 bridgehead atoms. The Bertz CT molecular complexity index is 551. The van der Waals surface area contributed by atoms with E-state index >= 15 is 0 Å². The predicted molar refractivity (Wildman–Crippen MR) is 78.6 cm³/mol. The summed E-state index contributed by atoms with van der Waals surface area (Å²) in [6.45, 7) is 0.841. The number of rotatable bonds is 3. The Balaban J connectivity index is 2.22. The standard InChI is InChI=1S/C16H21NO3/c1-18-13-8-10-9-17-12-7-5-4-6-11(12)14(10)16(20-3)15(13)19-2/h6,8,12,17H,4-5,7,9H2,1-3H3. The number of methoxy groups -OCH3 is 3. The van der Waals surface area contributed by atoms with Crippen molar-refractivity contribution in [3.8, 4) is 17.2 Å². The highest BCUT2D eigenvalue weighted by atomic mass is 16.5. The molecule has 0 fully saturated rings. The molecule has 0 spiro atoms. The zero-order valence-electron chi connectivity index (χ0n) is 12.3. The average Bonchev–Trinajstić information content (AvgIpc) is 2.52. The summed E-state index contributed by atoms with van der Waals surface area (Å²) >= 11 is 0. The highest BCUT2D eigenvalue weighted by molar-refractivity contribution is 5.82. The van der Waals surface area contributed by atoms with Crippen molar-refractivity contribution in [2.24, 2.45) is 0 Å². The number of ether oxygens (including phenoxy) is 3. The van der Waals surface area contributed by atoms with E-state index in [2.05, 4.69) is 17.5 Å². The average molecular weight is 275 g/mol. The van der Waals surface area contributed by atoms with E-state index in [0.29, 0.717) is 11.8 Å². The zero-order valence-corrected chi connectivity index (χ0v) is 12.3. The summed E-state index contributed by atoms with van der Waals surface area (Å²) in [4.78, 5) is 0. The van der Waals surface area contributed by atoms with Crippen LogP contribution in [0.1, 0.15) is 30.4 Å². The van der Waals surface area contributed by atoms with Gasteiger partial charge in [0.1, 0.15) is 0 Å². The zero-order chi connectivity index (χ0) is 14.1. The molecule has 0 saturated heterocycles. The summed E-state index contributed by atoms with van der Waals surface area (Å²) in [6, 6.07) is 2.48. The van der Waals surface area contributed by atoms with Crippen molar-refractivity contribution in [1.82, 2.24) is 5.32 Å². The lowest BCUT2D eigenvalue weighted by Crippen LogP contribution is -2.36. The maximum Gasteiger partial charge on any atom is 0.203 e. The van der Waals surface area contributed by atoms with Crippen LogP contribution in [-0.4, -0.2) is 27.4 Å². The van der Waals surface area contributed by atoms with Gasteiger partial charge in [-0.3, -0.25) is 0 Å². The molecule has 0 saturated carbocycles. The van der Waals surface area contributed by atoms with Gasteiger partial charge in [0.05, 0.1) is 21.3 Å². The van der Waals surface area contributed by atoms with Crippen molar-refractivity contribution in [3.05, 3.63) is 23.3 Å². The minimum atomic E-state index is 0.434. The molecule has 1 atom stereocenters. The summed E-state index contributed by atoms with van der Waals surface area (Å²) in [6.07, 6.45) is 5.88. The van der Waals surface area contributed by atoms with Crippen LogP contribution < -0.4 is 19.5 Å². The molecule has 0 aromatic heterocycles. The summed E-state index contributed by atoms with van der Waals surface area (Å²) in [5.41, 5.74) is 3.74. The van der Waals surface area contributed by atoms with Crippen LogP contribution in [0, 0.1) is 0 Å². The summed E-state index contributed by atoms with van der Waals surface area (Å²) in [5.74, 6) is 2.20. The molecule has 3 rings (SSSR count). The lowest BCUT2D eigenvalue weighted by molar-refractivity contribution is 0.321. The van der Waals surface area contributed by atoms with Crippen LogP contribution in [0.25, 0.3) is 5.57 Å². The first-order valence-electron chi connectivity index (χ1n) is 7.05. The number of nitrogens with one attached hydrogen (secondary N) is 1. The lowest BCUT2D eigenvalue weighted by atomic mass is 9.83. The Labute approximate surface area is 119 Å². The fourth-order valence-corrected chi connectivity index (χ4v) is 3.26. The van der Waals surface area contributed by atoms with Gasteiger partial charge in [0.2, 0.25) is 5.75 Å². The van der Waals surface area contributed by atoms with E-state index < -0.39 is 0 Å². The first-order chi connectivity index (χ1) is 9.80. The molecule has 0 amide bonds. The largest absolute Gasteiger partial charge is 0.493 e. The maximum atomic E-state index is 5.65. The fourth-order valence-electron chi connectivity index (χ4n) is 3.26. The van der Waals surface area contributed by atoms with Crippen LogP contribution >= 0.6 is 0 Å². The van der Waals surface area contributed by atoms with Gasteiger partial charge in [-0.2, -0.15) is 0 Å². The Morgan fingerprint density at radius 2 is 1.90 bits per heavy atom. The molecule has 2 aliphatic rings. The van der Waals surface area contributed by atoms with Crippen molar-refractivity contribution in [2.45, 2.75) is 31.8 Å². The minimum Gasteiger partial charge on any atom is -0.493 e. The first-order valence-corrected chi connectivity index (χ1v) is 7.05. The third-order valence-corrected chi connectivity index (χ3v) is 4.18. The Morgan fingerprint density at radius 1 is 1.10 bits per heavy atom. The number of fused-ring (bicyclic) bond motifs is 3. The van der Waals surface area contributed by atoms with Crippen LogP contribution in [0.4, 0.5) is 0 Å². The van der Waals surface area contributed by atoms with Crippen molar-refractivity contribution in [2.75, 3.05) is 21.3 Å². The Morgan fingerprint density at radius 3 is 2.60 bits per heavy atom. The van der Waals surface area contributed by atoms with E-state index in [4.69, 9.17) is 14.2 Å². The van der Waals surface area contributed by atoms with E-state index in [1.54, 1.807) is 21.3 Å². The van der Waals surface area contributed by atoms with Gasteiger partial charge in [0.15, 0.2) is 11.5 Å². The molecule has 1 aliphatic carbocycles. The van der Waals surface area contributed by atoms with E-state index in [1.807, 2.05) is 0 Å². The highest BCUT2D eigenvalue weighted by Crippen LogP contribution is 2.48. The number of hydrogen-bond donors (Lipinski definition) is 1. The monoisotopic (exact) mass is 275 g/mol. The molecule has 1 aromatic carbocycles. The van der Waals surface area contributed by atoms with Gasteiger partial charge in [0.25, 0.3) is 0 Å². The number of hydrogen-bond acceptors (Lipinski definition) is 4. The second kappa shape index (κ2) is 5.37. The fraction of sp³-hybridized carbons (Fsp3) is 0.500. The molecule has 1 aromatic rings. The predicted octanol–water partition coefficient (Wildman–Crippen LogP) is 2.75. The van der Waals surface area contributed by atoms with E-state index in [9.17, 15) is 0 Å². The van der Waals surface area contributed by atoms with Crippen molar-refractivity contribution < 1.29 is 14.2 Å². The molecule has 1 unspecified atom stereocenters. The number of allylic oxidation sites excluding steroid dienone is 1. The third-order valence-electron chi connectivity index (χ3n) is 4.18. The van der Waals surface area contributed by atoms with Gasteiger partial charge in [-0.25, -0.2) is 0 Å². The summed E-state index contributed by atoms with van der Waals surface area (Å²) in [5, 5.41) is 3.60. The molecular formula is C16H21NO3. The van der Waals surface area contributed by atoms with E-state index in [0.717, 1.165) is 24.5 Å². The minimum absolute atomic E-state index is 0.434. The quantitative estimate of drug-likeness (QED) is 0.920. The molecule has 1 N–H and O–H groups in total. The van der Waals surface area contributed by atoms with Gasteiger partial charge < -0.3 is 19.5 Å². The molecule has 4 nitrogen and oxygen atoms in total. The molecule has 1 heterocycles. The third kappa shape index (κ3) is 1.95. The van der Waals surface area contributed by atoms with Crippen LogP contribution in [0.3, 0.4) is 0 Å². The van der Waals surface area contributed by atoms with Crippen molar-refractivity contribution >= 4 is 5.57 Å². The van der Waals surface area contributed by atoms with Crippen molar-refractivity contribution in [1.29, 1.82) is 0 Å². The van der Waals surface area contributed by atoms with Gasteiger partial charge in [-0.1, -0.05) is 6.08 Å². The van der Waals surface area contributed by atoms with Gasteiger partial charge in [0, 0.05) is 18.2 Å². The van der Waals surface area contributed by atoms with Crippen LogP contribution in [-0.2, 0) is 6.54 Å². The molecule has 4 heteroatoms. The van der Waals surface area contributed by atoms with E-state index in [-0.39, 0.29) is 0 Å². The van der Waals surface area contributed by atoms with Gasteiger partial charge in [-0.05, 0) is 36.5 Å².